The Balaban J connectivity index is 1.92. The maximum atomic E-state index is 12.0. The van der Waals surface area contributed by atoms with Gasteiger partial charge < -0.3 is 11.1 Å². The van der Waals surface area contributed by atoms with E-state index >= 15 is 0 Å². The zero-order chi connectivity index (χ0) is 15.9. The normalized spacial score (nSPS) is 10.7. The number of benzene rings is 1. The van der Waals surface area contributed by atoms with Crippen LogP contribution in [0.2, 0.25) is 0 Å². The molecule has 0 saturated heterocycles. The summed E-state index contributed by atoms with van der Waals surface area (Å²) in [6, 6.07) is 9.73. The fraction of sp³-hybridized carbons (Fsp3) is 0.412. The number of carbonyl (C=O) groups is 1. The van der Waals surface area contributed by atoms with Crippen LogP contribution in [0, 0.1) is 13.8 Å². The van der Waals surface area contributed by atoms with Crippen LogP contribution >= 0.6 is 0 Å². The van der Waals surface area contributed by atoms with Gasteiger partial charge in [0.05, 0.1) is 12.2 Å². The van der Waals surface area contributed by atoms with Crippen molar-refractivity contribution in [3.8, 4) is 0 Å². The van der Waals surface area contributed by atoms with Crippen molar-refractivity contribution in [3.63, 3.8) is 0 Å². The molecule has 1 heterocycles. The van der Waals surface area contributed by atoms with Gasteiger partial charge in [0.25, 0.3) is 5.91 Å². The Hall–Kier alpha value is -2.14. The maximum absolute atomic E-state index is 12.0. The molecule has 0 radical (unpaired) electrons. The number of nitrogens with zero attached hydrogens (tertiary/aromatic N) is 2. The average Bonchev–Trinajstić information content (AvgIpc) is 2.82. The molecule has 3 N–H and O–H groups in total. The first-order chi connectivity index (χ1) is 10.6. The second-order valence-corrected chi connectivity index (χ2v) is 5.53. The zero-order valence-corrected chi connectivity index (χ0v) is 13.3. The molecule has 0 aliphatic heterocycles. The zero-order valence-electron chi connectivity index (χ0n) is 13.3. The van der Waals surface area contributed by atoms with Crippen molar-refractivity contribution in [3.05, 3.63) is 52.8 Å². The van der Waals surface area contributed by atoms with Crippen LogP contribution in [-0.4, -0.2) is 28.8 Å². The Bertz CT molecular complexity index is 616. The Morgan fingerprint density at radius 1 is 1.23 bits per heavy atom. The molecule has 0 aliphatic rings. The molecule has 0 unspecified atom stereocenters. The van der Waals surface area contributed by atoms with Crippen LogP contribution in [0.4, 0.5) is 0 Å². The fourth-order valence-corrected chi connectivity index (χ4v) is 2.34. The summed E-state index contributed by atoms with van der Waals surface area (Å²) in [6.07, 6.45) is 1.85. The highest BCUT2D eigenvalue weighted by Crippen LogP contribution is 2.09. The van der Waals surface area contributed by atoms with Crippen LogP contribution in [0.5, 0.6) is 0 Å². The Morgan fingerprint density at radius 3 is 2.55 bits per heavy atom. The molecule has 0 bridgehead atoms. The van der Waals surface area contributed by atoms with Crippen molar-refractivity contribution in [2.45, 2.75) is 33.2 Å². The molecule has 1 aromatic heterocycles. The highest BCUT2D eigenvalue weighted by molar-refractivity contribution is 5.94. The summed E-state index contributed by atoms with van der Waals surface area (Å²) in [5, 5.41) is 7.35. The lowest BCUT2D eigenvalue weighted by Crippen LogP contribution is -2.24. The van der Waals surface area contributed by atoms with Crippen molar-refractivity contribution in [1.82, 2.24) is 15.1 Å². The maximum Gasteiger partial charge on any atom is 0.251 e. The van der Waals surface area contributed by atoms with Crippen LogP contribution in [0.1, 0.15) is 40.2 Å². The molecule has 0 aliphatic carbocycles. The molecule has 5 nitrogen and oxygen atoms in total. The number of nitrogens with one attached hydrogen (secondary N) is 1. The van der Waals surface area contributed by atoms with Crippen LogP contribution in [-0.2, 0) is 6.54 Å². The van der Waals surface area contributed by atoms with E-state index in [9.17, 15) is 4.79 Å². The first-order valence-corrected chi connectivity index (χ1v) is 7.68. The number of rotatable bonds is 7. The van der Waals surface area contributed by atoms with Gasteiger partial charge in [-0.1, -0.05) is 12.1 Å². The summed E-state index contributed by atoms with van der Waals surface area (Å²) in [5.41, 5.74) is 9.40. The average molecular weight is 300 g/mol. The van der Waals surface area contributed by atoms with Crippen molar-refractivity contribution in [1.29, 1.82) is 0 Å². The highest BCUT2D eigenvalue weighted by Gasteiger charge is 2.06. The third kappa shape index (κ3) is 4.43. The number of amides is 1. The van der Waals surface area contributed by atoms with Gasteiger partial charge in [-0.05, 0) is 57.0 Å². The summed E-state index contributed by atoms with van der Waals surface area (Å²) < 4.78 is 1.97. The SMILES string of the molecule is Cc1cc(C)n(Cc2ccc(C(=O)NCCCCN)cc2)n1. The summed E-state index contributed by atoms with van der Waals surface area (Å²) in [4.78, 5) is 12.0. The molecule has 0 atom stereocenters. The minimum absolute atomic E-state index is 0.0327. The molecule has 22 heavy (non-hydrogen) atoms. The van der Waals surface area contributed by atoms with Gasteiger partial charge in [-0.15, -0.1) is 0 Å². The van der Waals surface area contributed by atoms with Gasteiger partial charge >= 0.3 is 0 Å². The van der Waals surface area contributed by atoms with Gasteiger partial charge in [-0.25, -0.2) is 0 Å². The van der Waals surface area contributed by atoms with Gasteiger partial charge in [0.1, 0.15) is 0 Å². The smallest absolute Gasteiger partial charge is 0.251 e. The predicted octanol–water partition coefficient (Wildman–Crippen LogP) is 2.02. The minimum Gasteiger partial charge on any atom is -0.352 e. The predicted molar refractivity (Wildman–Crippen MR) is 87.9 cm³/mol. The summed E-state index contributed by atoms with van der Waals surface area (Å²) >= 11 is 0. The van der Waals surface area contributed by atoms with E-state index in [1.165, 1.54) is 0 Å². The van der Waals surface area contributed by atoms with E-state index in [-0.39, 0.29) is 5.91 Å². The molecular weight excluding hydrogens is 276 g/mol. The van der Waals surface area contributed by atoms with Crippen LogP contribution in [0.3, 0.4) is 0 Å². The van der Waals surface area contributed by atoms with Crippen LogP contribution in [0.15, 0.2) is 30.3 Å². The minimum atomic E-state index is -0.0327. The van der Waals surface area contributed by atoms with E-state index in [0.717, 1.165) is 36.3 Å². The van der Waals surface area contributed by atoms with E-state index < -0.39 is 0 Å². The molecule has 1 aromatic carbocycles. The second-order valence-electron chi connectivity index (χ2n) is 5.53. The van der Waals surface area contributed by atoms with Crippen LogP contribution in [0.25, 0.3) is 0 Å². The molecule has 1 amide bonds. The lowest BCUT2D eigenvalue weighted by molar-refractivity contribution is 0.0953. The molecular formula is C17H24N4O. The number of hydrogen-bond acceptors (Lipinski definition) is 3. The number of nitrogens with two attached hydrogens (primary N) is 1. The Kier molecular flexibility index (Phi) is 5.72. The first-order valence-electron chi connectivity index (χ1n) is 7.68. The van der Waals surface area contributed by atoms with Gasteiger partial charge in [-0.3, -0.25) is 9.48 Å². The van der Waals surface area contributed by atoms with Crippen molar-refractivity contribution < 1.29 is 4.79 Å². The van der Waals surface area contributed by atoms with E-state index in [1.54, 1.807) is 0 Å². The summed E-state index contributed by atoms with van der Waals surface area (Å²) in [7, 11) is 0. The van der Waals surface area contributed by atoms with Crippen LogP contribution < -0.4 is 11.1 Å². The quantitative estimate of drug-likeness (QED) is 0.768. The molecule has 0 fully saturated rings. The second kappa shape index (κ2) is 7.75. The van der Waals surface area contributed by atoms with Gasteiger partial charge in [-0.2, -0.15) is 5.10 Å². The van der Waals surface area contributed by atoms with E-state index in [0.29, 0.717) is 18.7 Å². The number of hydrogen-bond donors (Lipinski definition) is 2. The fourth-order valence-electron chi connectivity index (χ4n) is 2.34. The molecule has 5 heteroatoms. The van der Waals surface area contributed by atoms with Gasteiger partial charge in [0.15, 0.2) is 0 Å². The van der Waals surface area contributed by atoms with Crippen molar-refractivity contribution in [2.75, 3.05) is 13.1 Å². The van der Waals surface area contributed by atoms with Crippen molar-refractivity contribution in [2.24, 2.45) is 5.73 Å². The van der Waals surface area contributed by atoms with Crippen molar-refractivity contribution >= 4 is 5.91 Å². The van der Waals surface area contributed by atoms with E-state index in [1.807, 2.05) is 42.8 Å². The topological polar surface area (TPSA) is 72.9 Å². The number of aryl methyl sites for hydroxylation is 2. The highest BCUT2D eigenvalue weighted by atomic mass is 16.1. The molecule has 0 spiro atoms. The Morgan fingerprint density at radius 2 is 1.95 bits per heavy atom. The van der Waals surface area contributed by atoms with Gasteiger partial charge in [0, 0.05) is 17.8 Å². The number of aromatic nitrogens is 2. The molecule has 0 saturated carbocycles. The Labute approximate surface area is 131 Å². The number of carbonyl (C=O) groups excluding carboxylic acids is 1. The largest absolute Gasteiger partial charge is 0.352 e. The summed E-state index contributed by atoms with van der Waals surface area (Å²) in [6.45, 7) is 6.09. The summed E-state index contributed by atoms with van der Waals surface area (Å²) in [5.74, 6) is -0.0327. The molecule has 2 aromatic rings. The standard InChI is InChI=1S/C17H24N4O/c1-13-11-14(2)21(20-13)12-15-5-7-16(8-6-15)17(22)19-10-4-3-9-18/h5-8,11H,3-4,9-10,12,18H2,1-2H3,(H,19,22). The third-order valence-electron chi connectivity index (χ3n) is 3.57. The van der Waals surface area contributed by atoms with E-state index in [2.05, 4.69) is 16.5 Å². The monoisotopic (exact) mass is 300 g/mol. The van der Waals surface area contributed by atoms with E-state index in [4.69, 9.17) is 5.73 Å². The lowest BCUT2D eigenvalue weighted by atomic mass is 10.1. The number of unbranched alkanes of at least 4 members (excludes halogenated alkanes) is 1. The first kappa shape index (κ1) is 16.2. The lowest BCUT2D eigenvalue weighted by Gasteiger charge is -2.07. The van der Waals surface area contributed by atoms with Gasteiger partial charge in [0.2, 0.25) is 0 Å². The molecule has 118 valence electrons. The molecule has 2 rings (SSSR count). The third-order valence-corrected chi connectivity index (χ3v) is 3.57.